The molecule has 0 aromatic carbocycles. The standard InChI is InChI=1S/C13H21N3O3S/c1-8(2)5-11(12(17)18)15-13(19)16(4)6-10-7-20-9(3)14-10/h7-8,11H,5-6H2,1-4H3,(H,15,19)(H,17,18)/t11-/m1/s1. The highest BCUT2D eigenvalue weighted by molar-refractivity contribution is 7.09. The third-order valence-electron chi connectivity index (χ3n) is 2.72. The molecule has 0 unspecified atom stereocenters. The first kappa shape index (κ1) is 16.4. The zero-order chi connectivity index (χ0) is 15.3. The fraction of sp³-hybridized carbons (Fsp3) is 0.615. The number of aromatic nitrogens is 1. The lowest BCUT2D eigenvalue weighted by Gasteiger charge is -2.21. The number of carbonyl (C=O) groups is 2. The van der Waals surface area contributed by atoms with E-state index in [0.29, 0.717) is 13.0 Å². The summed E-state index contributed by atoms with van der Waals surface area (Å²) in [6.07, 6.45) is 0.407. The summed E-state index contributed by atoms with van der Waals surface area (Å²) in [5.41, 5.74) is 0.806. The van der Waals surface area contributed by atoms with E-state index in [1.54, 1.807) is 7.05 Å². The Morgan fingerprint density at radius 2 is 2.15 bits per heavy atom. The fourth-order valence-corrected chi connectivity index (χ4v) is 2.35. The van der Waals surface area contributed by atoms with Gasteiger partial charge in [0.05, 0.1) is 17.2 Å². The predicted molar refractivity (Wildman–Crippen MR) is 77.7 cm³/mol. The third kappa shape index (κ3) is 5.16. The summed E-state index contributed by atoms with van der Waals surface area (Å²) < 4.78 is 0. The van der Waals surface area contributed by atoms with Gasteiger partial charge in [0.2, 0.25) is 0 Å². The van der Waals surface area contributed by atoms with Crippen LogP contribution in [0.1, 0.15) is 31.0 Å². The molecule has 7 heteroatoms. The smallest absolute Gasteiger partial charge is 0.326 e. The Kier molecular flexibility index (Phi) is 5.94. The van der Waals surface area contributed by atoms with Crippen molar-refractivity contribution < 1.29 is 14.7 Å². The number of nitrogens with zero attached hydrogens (tertiary/aromatic N) is 2. The van der Waals surface area contributed by atoms with Crippen LogP contribution in [0.2, 0.25) is 0 Å². The highest BCUT2D eigenvalue weighted by atomic mass is 32.1. The first-order valence-corrected chi connectivity index (χ1v) is 7.33. The Morgan fingerprint density at radius 3 is 2.60 bits per heavy atom. The average molecular weight is 299 g/mol. The zero-order valence-electron chi connectivity index (χ0n) is 12.2. The van der Waals surface area contributed by atoms with Gasteiger partial charge < -0.3 is 15.3 Å². The lowest BCUT2D eigenvalue weighted by atomic mass is 10.0. The van der Waals surface area contributed by atoms with Crippen LogP contribution in [0.25, 0.3) is 0 Å². The summed E-state index contributed by atoms with van der Waals surface area (Å²) in [4.78, 5) is 28.8. The molecule has 0 spiro atoms. The van der Waals surface area contributed by atoms with Crippen LogP contribution in [0.3, 0.4) is 0 Å². The summed E-state index contributed by atoms with van der Waals surface area (Å²) in [6.45, 7) is 6.11. The van der Waals surface area contributed by atoms with Crippen molar-refractivity contribution in [1.82, 2.24) is 15.2 Å². The van der Waals surface area contributed by atoms with Crippen molar-refractivity contribution in [3.05, 3.63) is 16.1 Å². The van der Waals surface area contributed by atoms with E-state index in [-0.39, 0.29) is 5.92 Å². The van der Waals surface area contributed by atoms with Crippen LogP contribution >= 0.6 is 11.3 Å². The summed E-state index contributed by atoms with van der Waals surface area (Å²) in [5.74, 6) is -0.812. The van der Waals surface area contributed by atoms with E-state index in [0.717, 1.165) is 10.7 Å². The van der Waals surface area contributed by atoms with E-state index < -0.39 is 18.0 Å². The first-order chi connectivity index (χ1) is 9.29. The number of urea groups is 1. The Morgan fingerprint density at radius 1 is 1.50 bits per heavy atom. The molecule has 1 atom stereocenters. The second kappa shape index (κ2) is 7.23. The van der Waals surface area contributed by atoms with Crippen LogP contribution in [0.4, 0.5) is 4.79 Å². The van der Waals surface area contributed by atoms with Crippen LogP contribution in [0.15, 0.2) is 5.38 Å². The van der Waals surface area contributed by atoms with Crippen molar-refractivity contribution >= 4 is 23.3 Å². The van der Waals surface area contributed by atoms with Gasteiger partial charge in [-0.2, -0.15) is 0 Å². The molecule has 0 aliphatic heterocycles. The summed E-state index contributed by atoms with van der Waals surface area (Å²) in [6, 6.07) is -1.26. The van der Waals surface area contributed by atoms with Crippen LogP contribution in [-0.2, 0) is 11.3 Å². The van der Waals surface area contributed by atoms with Crippen LogP contribution in [-0.4, -0.2) is 40.1 Å². The number of rotatable bonds is 6. The molecule has 0 fully saturated rings. The van der Waals surface area contributed by atoms with Gasteiger partial charge in [-0.25, -0.2) is 14.6 Å². The zero-order valence-corrected chi connectivity index (χ0v) is 13.0. The van der Waals surface area contributed by atoms with E-state index in [4.69, 9.17) is 5.11 Å². The number of aryl methyl sites for hydroxylation is 1. The van der Waals surface area contributed by atoms with Gasteiger partial charge in [-0.3, -0.25) is 0 Å². The lowest BCUT2D eigenvalue weighted by molar-refractivity contribution is -0.139. The Labute approximate surface area is 122 Å². The molecule has 0 saturated carbocycles. The normalized spacial score (nSPS) is 12.2. The molecule has 0 radical (unpaired) electrons. The molecule has 2 amide bonds. The topological polar surface area (TPSA) is 82.5 Å². The van der Waals surface area contributed by atoms with Crippen LogP contribution < -0.4 is 5.32 Å². The largest absolute Gasteiger partial charge is 0.480 e. The number of carboxylic acids is 1. The molecule has 1 aromatic rings. The number of amides is 2. The van der Waals surface area contributed by atoms with Crippen molar-refractivity contribution in [2.24, 2.45) is 5.92 Å². The first-order valence-electron chi connectivity index (χ1n) is 6.45. The van der Waals surface area contributed by atoms with Crippen molar-refractivity contribution in [3.8, 4) is 0 Å². The number of aliphatic carboxylic acids is 1. The third-order valence-corrected chi connectivity index (χ3v) is 3.54. The maximum Gasteiger partial charge on any atom is 0.326 e. The number of hydrogen-bond acceptors (Lipinski definition) is 4. The van der Waals surface area contributed by atoms with E-state index in [1.165, 1.54) is 16.2 Å². The molecule has 6 nitrogen and oxygen atoms in total. The predicted octanol–water partition coefficient (Wildman–Crippen LogP) is 2.09. The van der Waals surface area contributed by atoms with Crippen molar-refractivity contribution in [1.29, 1.82) is 0 Å². The van der Waals surface area contributed by atoms with Gasteiger partial charge >= 0.3 is 12.0 Å². The molecular weight excluding hydrogens is 278 g/mol. The Bertz CT molecular complexity index is 473. The quantitative estimate of drug-likeness (QED) is 0.842. The molecule has 20 heavy (non-hydrogen) atoms. The fourth-order valence-electron chi connectivity index (χ4n) is 1.75. The monoisotopic (exact) mass is 299 g/mol. The minimum Gasteiger partial charge on any atom is -0.480 e. The van der Waals surface area contributed by atoms with Gasteiger partial charge in [0.15, 0.2) is 0 Å². The highest BCUT2D eigenvalue weighted by Crippen LogP contribution is 2.10. The molecule has 0 bridgehead atoms. The number of nitrogens with one attached hydrogen (secondary N) is 1. The summed E-state index contributed by atoms with van der Waals surface area (Å²) >= 11 is 1.52. The molecule has 1 rings (SSSR count). The SMILES string of the molecule is Cc1nc(CN(C)C(=O)N[C@H](CC(C)C)C(=O)O)cs1. The highest BCUT2D eigenvalue weighted by Gasteiger charge is 2.22. The minimum absolute atomic E-state index is 0.197. The molecule has 112 valence electrons. The number of carboxylic acid groups (broad SMARTS) is 1. The molecule has 1 heterocycles. The maximum atomic E-state index is 12.0. The molecule has 1 aromatic heterocycles. The number of carbonyl (C=O) groups excluding carboxylic acids is 1. The van der Waals surface area contributed by atoms with Crippen LogP contribution in [0.5, 0.6) is 0 Å². The maximum absolute atomic E-state index is 12.0. The van der Waals surface area contributed by atoms with Gasteiger partial charge in [0.25, 0.3) is 0 Å². The second-order valence-corrected chi connectivity index (χ2v) is 6.25. The second-order valence-electron chi connectivity index (χ2n) is 5.18. The van der Waals surface area contributed by atoms with E-state index >= 15 is 0 Å². The van der Waals surface area contributed by atoms with Gasteiger partial charge in [-0.1, -0.05) is 13.8 Å². The lowest BCUT2D eigenvalue weighted by Crippen LogP contribution is -2.47. The molecule has 0 aliphatic carbocycles. The summed E-state index contributed by atoms with van der Waals surface area (Å²) in [5, 5.41) is 14.5. The Balaban J connectivity index is 2.57. The number of thiazole rings is 1. The molecule has 2 N–H and O–H groups in total. The van der Waals surface area contributed by atoms with Gasteiger partial charge in [0, 0.05) is 12.4 Å². The van der Waals surface area contributed by atoms with E-state index in [2.05, 4.69) is 10.3 Å². The molecular formula is C13H21N3O3S. The van der Waals surface area contributed by atoms with Gasteiger partial charge in [-0.05, 0) is 19.3 Å². The Hall–Kier alpha value is -1.63. The van der Waals surface area contributed by atoms with E-state index in [1.807, 2.05) is 26.2 Å². The summed E-state index contributed by atoms with van der Waals surface area (Å²) in [7, 11) is 1.62. The van der Waals surface area contributed by atoms with E-state index in [9.17, 15) is 9.59 Å². The minimum atomic E-state index is -1.01. The molecule has 0 aliphatic rings. The number of hydrogen-bond donors (Lipinski definition) is 2. The van der Waals surface area contributed by atoms with Gasteiger partial charge in [0.1, 0.15) is 6.04 Å². The van der Waals surface area contributed by atoms with Crippen molar-refractivity contribution in [3.63, 3.8) is 0 Å². The molecule has 0 saturated heterocycles. The van der Waals surface area contributed by atoms with Crippen molar-refractivity contribution in [2.75, 3.05) is 7.05 Å². The average Bonchev–Trinajstić information content (AvgIpc) is 2.72. The van der Waals surface area contributed by atoms with Crippen molar-refractivity contribution in [2.45, 2.75) is 39.8 Å². The van der Waals surface area contributed by atoms with Gasteiger partial charge in [-0.15, -0.1) is 11.3 Å². The van der Waals surface area contributed by atoms with Crippen LogP contribution in [0, 0.1) is 12.8 Å².